The van der Waals surface area contributed by atoms with Gasteiger partial charge in [0, 0.05) is 26.2 Å². The Bertz CT molecular complexity index is 904. The number of rotatable bonds is 6. The third kappa shape index (κ3) is 7.17. The fourth-order valence-electron chi connectivity index (χ4n) is 4.44. The maximum atomic E-state index is 13.2. The lowest BCUT2D eigenvalue weighted by Crippen LogP contribution is -2.52. The van der Waals surface area contributed by atoms with Gasteiger partial charge in [-0.25, -0.2) is 0 Å². The van der Waals surface area contributed by atoms with Crippen molar-refractivity contribution in [2.75, 3.05) is 45.9 Å². The minimum absolute atomic E-state index is 0.199. The summed E-state index contributed by atoms with van der Waals surface area (Å²) in [4.78, 5) is 55.8. The average molecular weight is 488 g/mol. The van der Waals surface area contributed by atoms with E-state index in [0.29, 0.717) is 63.4 Å². The maximum absolute atomic E-state index is 13.2. The lowest BCUT2D eigenvalue weighted by molar-refractivity contribution is -0.140. The summed E-state index contributed by atoms with van der Waals surface area (Å²) in [6, 6.07) is 5.15. The number of carbonyl (C=O) groups excluding carboxylic acids is 4. The summed E-state index contributed by atoms with van der Waals surface area (Å²) >= 11 is 0. The van der Waals surface area contributed by atoms with Gasteiger partial charge in [-0.05, 0) is 44.5 Å². The molecule has 2 atom stereocenters. The molecule has 2 aliphatic rings. The molecular weight excluding hydrogens is 450 g/mol. The summed E-state index contributed by atoms with van der Waals surface area (Å²) in [5.74, 6) is -1.05. The summed E-state index contributed by atoms with van der Waals surface area (Å²) in [7, 11) is 0. The normalized spacial score (nSPS) is 21.7. The van der Waals surface area contributed by atoms with E-state index in [-0.39, 0.29) is 18.2 Å². The van der Waals surface area contributed by atoms with Crippen molar-refractivity contribution in [3.63, 3.8) is 0 Å². The van der Waals surface area contributed by atoms with E-state index >= 15 is 0 Å². The lowest BCUT2D eigenvalue weighted by Gasteiger charge is -2.26. The van der Waals surface area contributed by atoms with Crippen molar-refractivity contribution in [2.45, 2.75) is 51.6 Å². The number of ether oxygens (including phenoxy) is 1. The second kappa shape index (κ2) is 13.1. The molecule has 1 aromatic carbocycles. The Morgan fingerprint density at radius 2 is 1.94 bits per heavy atom. The van der Waals surface area contributed by atoms with Gasteiger partial charge >= 0.3 is 0 Å². The molecule has 0 radical (unpaired) electrons. The van der Waals surface area contributed by atoms with Gasteiger partial charge in [-0.1, -0.05) is 26.0 Å². The second-order valence-corrected chi connectivity index (χ2v) is 8.78. The van der Waals surface area contributed by atoms with Crippen molar-refractivity contribution in [3.05, 3.63) is 29.8 Å². The first kappa shape index (κ1) is 26.5. The van der Waals surface area contributed by atoms with Crippen molar-refractivity contribution in [3.8, 4) is 5.75 Å². The fourth-order valence-corrected chi connectivity index (χ4v) is 4.44. The number of nitrogens with one attached hydrogen (secondary N) is 3. The van der Waals surface area contributed by atoms with Crippen LogP contribution in [0.5, 0.6) is 5.75 Å². The zero-order valence-corrected chi connectivity index (χ0v) is 20.7. The van der Waals surface area contributed by atoms with Crippen molar-refractivity contribution < 1.29 is 23.9 Å². The Morgan fingerprint density at radius 1 is 1.17 bits per heavy atom. The molecule has 0 aromatic heterocycles. The SMILES string of the molecule is CCN(CC)CCNC(=O)[C@@H]1CC(=O)N2CCC[C@@H]2C(=O)NCCCOc2ccccc2C(=O)N1. The van der Waals surface area contributed by atoms with E-state index in [1.165, 1.54) is 4.90 Å². The third-order valence-corrected chi connectivity index (χ3v) is 6.51. The Kier molecular flexibility index (Phi) is 9.89. The molecule has 1 saturated heterocycles. The number of fused-ring (bicyclic) bond motifs is 2. The molecule has 0 unspecified atom stereocenters. The number of para-hydroxylation sites is 1. The number of carbonyl (C=O) groups is 4. The molecule has 10 nitrogen and oxygen atoms in total. The van der Waals surface area contributed by atoms with Crippen LogP contribution in [0.25, 0.3) is 0 Å². The summed E-state index contributed by atoms with van der Waals surface area (Å²) in [5, 5.41) is 8.47. The summed E-state index contributed by atoms with van der Waals surface area (Å²) in [6.45, 7) is 8.05. The van der Waals surface area contributed by atoms with Crippen LogP contribution in [-0.2, 0) is 14.4 Å². The average Bonchev–Trinajstić information content (AvgIpc) is 3.36. The maximum Gasteiger partial charge on any atom is 0.255 e. The molecule has 3 N–H and O–H groups in total. The van der Waals surface area contributed by atoms with Gasteiger partial charge in [-0.3, -0.25) is 19.2 Å². The molecule has 2 aliphatic heterocycles. The molecule has 0 saturated carbocycles. The molecule has 10 heteroatoms. The highest BCUT2D eigenvalue weighted by atomic mass is 16.5. The Balaban J connectivity index is 1.81. The number of benzene rings is 1. The van der Waals surface area contributed by atoms with Gasteiger partial charge in [0.15, 0.2) is 0 Å². The van der Waals surface area contributed by atoms with Gasteiger partial charge < -0.3 is 30.5 Å². The highest BCUT2D eigenvalue weighted by molar-refractivity contribution is 6.01. The zero-order chi connectivity index (χ0) is 25.2. The van der Waals surface area contributed by atoms with Gasteiger partial charge in [0.05, 0.1) is 18.6 Å². The number of amides is 4. The smallest absolute Gasteiger partial charge is 0.255 e. The highest BCUT2D eigenvalue weighted by Gasteiger charge is 2.36. The molecule has 1 fully saturated rings. The molecule has 2 heterocycles. The van der Waals surface area contributed by atoms with Gasteiger partial charge in [0.25, 0.3) is 5.91 Å². The zero-order valence-electron chi connectivity index (χ0n) is 20.7. The van der Waals surface area contributed by atoms with Crippen LogP contribution >= 0.6 is 0 Å². The molecule has 1 aromatic rings. The molecule has 0 spiro atoms. The predicted octanol–water partition coefficient (Wildman–Crippen LogP) is 0.523. The van der Waals surface area contributed by atoms with Gasteiger partial charge in [-0.2, -0.15) is 0 Å². The number of likely N-dealkylation sites (N-methyl/N-ethyl adjacent to an activating group) is 1. The molecule has 4 amide bonds. The first-order valence-corrected chi connectivity index (χ1v) is 12.5. The van der Waals surface area contributed by atoms with Crippen LogP contribution in [0.2, 0.25) is 0 Å². The highest BCUT2D eigenvalue weighted by Crippen LogP contribution is 2.21. The summed E-state index contributed by atoms with van der Waals surface area (Å²) in [6.07, 6.45) is 1.62. The second-order valence-electron chi connectivity index (χ2n) is 8.78. The van der Waals surface area contributed by atoms with Gasteiger partial charge in [0.1, 0.15) is 17.8 Å². The van der Waals surface area contributed by atoms with Crippen LogP contribution in [0.15, 0.2) is 24.3 Å². The van der Waals surface area contributed by atoms with Gasteiger partial charge in [0.2, 0.25) is 17.7 Å². The standard InChI is InChI=1S/C25H37N5O5/c1-3-29(4-2)15-13-27-24(33)19-17-22(31)30-14-7-10-20(30)25(34)26-12-8-16-35-21-11-6-5-9-18(21)23(32)28-19/h5-6,9,11,19-20H,3-4,7-8,10,12-17H2,1-2H3,(H,26,34)(H,27,33)(H,28,32)/t19-,20+/m0/s1. The Morgan fingerprint density at radius 3 is 2.71 bits per heavy atom. The Labute approximate surface area is 206 Å². The Hall–Kier alpha value is -3.14. The van der Waals surface area contributed by atoms with E-state index in [4.69, 9.17) is 4.74 Å². The largest absolute Gasteiger partial charge is 0.493 e. The quantitative estimate of drug-likeness (QED) is 0.538. The van der Waals surface area contributed by atoms with Crippen LogP contribution in [0.3, 0.4) is 0 Å². The van der Waals surface area contributed by atoms with Crippen LogP contribution < -0.4 is 20.7 Å². The van der Waals surface area contributed by atoms with E-state index in [0.717, 1.165) is 13.1 Å². The van der Waals surface area contributed by atoms with Crippen molar-refractivity contribution >= 4 is 23.6 Å². The summed E-state index contributed by atoms with van der Waals surface area (Å²) < 4.78 is 5.79. The predicted molar refractivity (Wildman–Crippen MR) is 131 cm³/mol. The number of nitrogens with zero attached hydrogens (tertiary/aromatic N) is 2. The molecule has 3 rings (SSSR count). The van der Waals surface area contributed by atoms with Crippen LogP contribution in [0.1, 0.15) is 49.9 Å². The van der Waals surface area contributed by atoms with E-state index in [1.807, 2.05) is 13.8 Å². The van der Waals surface area contributed by atoms with Crippen molar-refractivity contribution in [1.29, 1.82) is 0 Å². The van der Waals surface area contributed by atoms with E-state index < -0.39 is 23.9 Å². The van der Waals surface area contributed by atoms with Crippen LogP contribution in [0, 0.1) is 0 Å². The molecule has 35 heavy (non-hydrogen) atoms. The first-order chi connectivity index (χ1) is 16.9. The first-order valence-electron chi connectivity index (χ1n) is 12.5. The molecule has 0 bridgehead atoms. The van der Waals surface area contributed by atoms with Crippen molar-refractivity contribution in [2.24, 2.45) is 0 Å². The van der Waals surface area contributed by atoms with E-state index in [2.05, 4.69) is 20.9 Å². The molecular formula is C25H37N5O5. The van der Waals surface area contributed by atoms with Crippen molar-refractivity contribution in [1.82, 2.24) is 25.8 Å². The van der Waals surface area contributed by atoms with E-state index in [9.17, 15) is 19.2 Å². The van der Waals surface area contributed by atoms with Crippen LogP contribution in [0.4, 0.5) is 0 Å². The number of hydrogen-bond donors (Lipinski definition) is 3. The molecule has 0 aliphatic carbocycles. The van der Waals surface area contributed by atoms with Gasteiger partial charge in [-0.15, -0.1) is 0 Å². The molecule has 192 valence electrons. The third-order valence-electron chi connectivity index (χ3n) is 6.51. The van der Waals surface area contributed by atoms with Crippen LogP contribution in [-0.4, -0.2) is 91.4 Å². The minimum Gasteiger partial charge on any atom is -0.493 e. The number of hydrogen-bond acceptors (Lipinski definition) is 6. The lowest BCUT2D eigenvalue weighted by atomic mass is 10.1. The fraction of sp³-hybridized carbons (Fsp3) is 0.600. The monoisotopic (exact) mass is 487 g/mol. The minimum atomic E-state index is -1.07. The van der Waals surface area contributed by atoms with E-state index in [1.54, 1.807) is 24.3 Å². The topological polar surface area (TPSA) is 120 Å². The summed E-state index contributed by atoms with van der Waals surface area (Å²) in [5.41, 5.74) is 0.291.